The van der Waals surface area contributed by atoms with Gasteiger partial charge in [0.05, 0.1) is 12.0 Å². The number of rotatable bonds is 7. The summed E-state index contributed by atoms with van der Waals surface area (Å²) in [4.78, 5) is 35.4. The molecule has 0 fully saturated rings. The number of fused-ring (bicyclic) bond motifs is 1. The van der Waals surface area contributed by atoms with Crippen molar-refractivity contribution in [2.24, 2.45) is 0 Å². The highest BCUT2D eigenvalue weighted by molar-refractivity contribution is 5.86. The second-order valence-corrected chi connectivity index (χ2v) is 6.74. The van der Waals surface area contributed by atoms with E-state index in [1.54, 1.807) is 43.3 Å². The van der Waals surface area contributed by atoms with E-state index in [0.29, 0.717) is 11.3 Å². The fraction of sp³-hybridized carbons (Fsp3) is 0.227. The van der Waals surface area contributed by atoms with Crippen LogP contribution in [-0.2, 0) is 16.0 Å². The van der Waals surface area contributed by atoms with Crippen LogP contribution in [0.4, 0.5) is 0 Å². The van der Waals surface area contributed by atoms with Gasteiger partial charge in [-0.1, -0.05) is 30.3 Å². The SMILES string of the molecule is Cc1cc(=O)oc2cc(O[C@H](C)C(=O)N[C@H](Cc3ccccc3)C(=O)[O-])ccc12. The van der Waals surface area contributed by atoms with Gasteiger partial charge in [0, 0.05) is 17.5 Å². The van der Waals surface area contributed by atoms with Gasteiger partial charge in [0.1, 0.15) is 11.3 Å². The van der Waals surface area contributed by atoms with E-state index in [2.05, 4.69) is 5.32 Å². The van der Waals surface area contributed by atoms with E-state index in [9.17, 15) is 19.5 Å². The maximum absolute atomic E-state index is 12.4. The third-order valence-electron chi connectivity index (χ3n) is 4.49. The Hall–Kier alpha value is -3.61. The van der Waals surface area contributed by atoms with Gasteiger partial charge in [-0.3, -0.25) is 4.79 Å². The molecular weight excluding hydrogens is 374 g/mol. The van der Waals surface area contributed by atoms with Gasteiger partial charge in [-0.15, -0.1) is 0 Å². The zero-order valence-corrected chi connectivity index (χ0v) is 16.0. The van der Waals surface area contributed by atoms with Crippen LogP contribution in [0, 0.1) is 6.92 Å². The first-order valence-electron chi connectivity index (χ1n) is 9.10. The minimum atomic E-state index is -1.38. The summed E-state index contributed by atoms with van der Waals surface area (Å²) < 4.78 is 10.8. The number of ether oxygens (including phenoxy) is 1. The van der Waals surface area contributed by atoms with Crippen molar-refractivity contribution < 1.29 is 23.8 Å². The highest BCUT2D eigenvalue weighted by atomic mass is 16.5. The van der Waals surface area contributed by atoms with E-state index in [-0.39, 0.29) is 6.42 Å². The Morgan fingerprint density at radius 1 is 1.14 bits per heavy atom. The molecule has 2 aromatic carbocycles. The van der Waals surface area contributed by atoms with Crippen molar-refractivity contribution in [3.8, 4) is 5.75 Å². The lowest BCUT2D eigenvalue weighted by atomic mass is 10.1. The van der Waals surface area contributed by atoms with Crippen molar-refractivity contribution >= 4 is 22.8 Å². The standard InChI is InChI=1S/C22H21NO6/c1-13-10-20(24)29-19-12-16(8-9-17(13)19)28-14(2)21(25)23-18(22(26)27)11-15-6-4-3-5-7-15/h3-10,12,14,18H,11H2,1-2H3,(H,23,25)(H,26,27)/p-1/t14-,18-/m1/s1. The molecule has 0 unspecified atom stereocenters. The van der Waals surface area contributed by atoms with Crippen molar-refractivity contribution in [1.82, 2.24) is 5.32 Å². The molecule has 1 aromatic heterocycles. The van der Waals surface area contributed by atoms with Crippen LogP contribution >= 0.6 is 0 Å². The van der Waals surface area contributed by atoms with E-state index in [0.717, 1.165) is 16.5 Å². The molecule has 1 heterocycles. The highest BCUT2D eigenvalue weighted by Gasteiger charge is 2.20. The van der Waals surface area contributed by atoms with Gasteiger partial charge in [-0.2, -0.15) is 0 Å². The lowest BCUT2D eigenvalue weighted by Gasteiger charge is -2.22. The van der Waals surface area contributed by atoms with E-state index in [4.69, 9.17) is 9.15 Å². The molecule has 7 heteroatoms. The molecule has 1 N–H and O–H groups in total. The molecule has 0 aliphatic heterocycles. The van der Waals surface area contributed by atoms with Gasteiger partial charge >= 0.3 is 5.63 Å². The summed E-state index contributed by atoms with van der Waals surface area (Å²) in [6, 6.07) is 14.0. The van der Waals surface area contributed by atoms with Crippen molar-refractivity contribution in [3.05, 3.63) is 76.1 Å². The Labute approximate surface area is 166 Å². The molecule has 2 atom stereocenters. The number of carbonyl (C=O) groups excluding carboxylic acids is 2. The molecule has 1 amide bonds. The summed E-state index contributed by atoms with van der Waals surface area (Å²) in [5.74, 6) is -1.65. The van der Waals surface area contributed by atoms with E-state index >= 15 is 0 Å². The molecule has 0 aliphatic rings. The summed E-state index contributed by atoms with van der Waals surface area (Å²) in [7, 11) is 0. The summed E-state index contributed by atoms with van der Waals surface area (Å²) in [5, 5.41) is 14.6. The third-order valence-corrected chi connectivity index (χ3v) is 4.49. The quantitative estimate of drug-likeness (QED) is 0.606. The molecule has 150 valence electrons. The monoisotopic (exact) mass is 394 g/mol. The van der Waals surface area contributed by atoms with Crippen LogP contribution in [0.5, 0.6) is 5.75 Å². The van der Waals surface area contributed by atoms with E-state index in [1.165, 1.54) is 19.1 Å². The Morgan fingerprint density at radius 3 is 2.55 bits per heavy atom. The summed E-state index contributed by atoms with van der Waals surface area (Å²) >= 11 is 0. The highest BCUT2D eigenvalue weighted by Crippen LogP contribution is 2.23. The van der Waals surface area contributed by atoms with Gasteiger partial charge in [-0.25, -0.2) is 4.79 Å². The topological polar surface area (TPSA) is 109 Å². The minimum absolute atomic E-state index is 0.0992. The number of benzene rings is 2. The molecule has 7 nitrogen and oxygen atoms in total. The van der Waals surface area contributed by atoms with Crippen LogP contribution in [0.1, 0.15) is 18.1 Å². The van der Waals surface area contributed by atoms with Crippen molar-refractivity contribution in [2.45, 2.75) is 32.4 Å². The predicted molar refractivity (Wildman–Crippen MR) is 104 cm³/mol. The smallest absolute Gasteiger partial charge is 0.336 e. The van der Waals surface area contributed by atoms with E-state index in [1.807, 2.05) is 6.07 Å². The average molecular weight is 394 g/mol. The maximum atomic E-state index is 12.4. The van der Waals surface area contributed by atoms with Gasteiger partial charge in [0.15, 0.2) is 6.10 Å². The zero-order valence-electron chi connectivity index (χ0n) is 16.0. The fourth-order valence-electron chi connectivity index (χ4n) is 2.97. The van der Waals surface area contributed by atoms with E-state index < -0.39 is 29.6 Å². The second kappa shape index (κ2) is 8.60. The number of amides is 1. The Kier molecular flexibility index (Phi) is 5.97. The van der Waals surface area contributed by atoms with Crippen LogP contribution in [0.25, 0.3) is 11.0 Å². The second-order valence-electron chi connectivity index (χ2n) is 6.74. The number of nitrogens with one attached hydrogen (secondary N) is 1. The lowest BCUT2D eigenvalue weighted by molar-refractivity contribution is -0.308. The van der Waals surface area contributed by atoms with Crippen LogP contribution in [0.15, 0.2) is 63.8 Å². The summed E-state index contributed by atoms with van der Waals surface area (Å²) in [5.41, 5.74) is 1.40. The number of aliphatic carboxylic acids is 1. The van der Waals surface area contributed by atoms with Crippen molar-refractivity contribution in [3.63, 3.8) is 0 Å². The zero-order chi connectivity index (χ0) is 21.0. The molecule has 0 saturated heterocycles. The normalized spacial score (nSPS) is 12.9. The molecule has 0 saturated carbocycles. The molecule has 0 aliphatic carbocycles. The third kappa shape index (κ3) is 5.01. The predicted octanol–water partition coefficient (Wildman–Crippen LogP) is 1.35. The van der Waals surface area contributed by atoms with Crippen molar-refractivity contribution in [2.75, 3.05) is 0 Å². The first-order chi connectivity index (χ1) is 13.8. The number of aryl methyl sites for hydroxylation is 1. The summed E-state index contributed by atoms with van der Waals surface area (Å²) in [6.45, 7) is 3.30. The number of carboxylic acid groups (broad SMARTS) is 1. The Bertz CT molecular complexity index is 1090. The number of carboxylic acids is 1. The molecule has 29 heavy (non-hydrogen) atoms. The van der Waals surface area contributed by atoms with Gasteiger partial charge < -0.3 is 24.4 Å². The molecule has 0 spiro atoms. The number of hydrogen-bond donors (Lipinski definition) is 1. The Balaban J connectivity index is 1.70. The van der Waals surface area contributed by atoms with Crippen molar-refractivity contribution in [1.29, 1.82) is 0 Å². The van der Waals surface area contributed by atoms with Crippen LogP contribution in [-0.4, -0.2) is 24.0 Å². The van der Waals surface area contributed by atoms with Crippen LogP contribution in [0.3, 0.4) is 0 Å². The minimum Gasteiger partial charge on any atom is -0.548 e. The molecule has 0 radical (unpaired) electrons. The summed E-state index contributed by atoms with van der Waals surface area (Å²) in [6.07, 6.45) is -0.871. The average Bonchev–Trinajstić information content (AvgIpc) is 2.67. The fourth-order valence-corrected chi connectivity index (χ4v) is 2.97. The molecule has 0 bridgehead atoms. The van der Waals surface area contributed by atoms with Gasteiger partial charge in [-0.05, 0) is 43.5 Å². The molecular formula is C22H20NO6-. The maximum Gasteiger partial charge on any atom is 0.336 e. The van der Waals surface area contributed by atoms with Crippen LogP contribution in [0.2, 0.25) is 0 Å². The molecule has 3 aromatic rings. The number of carbonyl (C=O) groups is 2. The molecule has 3 rings (SSSR count). The first-order valence-corrected chi connectivity index (χ1v) is 9.10. The van der Waals surface area contributed by atoms with Gasteiger partial charge in [0.2, 0.25) is 0 Å². The van der Waals surface area contributed by atoms with Gasteiger partial charge in [0.25, 0.3) is 5.91 Å². The largest absolute Gasteiger partial charge is 0.548 e. The lowest BCUT2D eigenvalue weighted by Crippen LogP contribution is -2.52. The number of hydrogen-bond acceptors (Lipinski definition) is 6. The van der Waals surface area contributed by atoms with Crippen LogP contribution < -0.4 is 20.8 Å². The first kappa shape index (κ1) is 20.1. The Morgan fingerprint density at radius 2 is 1.86 bits per heavy atom.